The third-order valence-electron chi connectivity index (χ3n) is 3.94. The minimum Gasteiger partial charge on any atom is -0.299 e. The van der Waals surface area contributed by atoms with Crippen LogP contribution in [-0.2, 0) is 4.79 Å². The smallest absolute Gasteiger partial charge is 0.135 e. The van der Waals surface area contributed by atoms with Crippen LogP contribution in [0.1, 0.15) is 99.5 Å². The fraction of sp³-hybridized carbons (Fsp3) is 0.708. The SMILES string of the molecule is CC.CCC(=O)C(C)CC.CCCCCC(C)C.Cc1cccc(P)c1. The number of hydrogen-bond acceptors (Lipinski definition) is 1. The summed E-state index contributed by atoms with van der Waals surface area (Å²) >= 11 is 0. The van der Waals surface area contributed by atoms with Gasteiger partial charge in [-0.2, -0.15) is 0 Å². The van der Waals surface area contributed by atoms with Gasteiger partial charge in [0.2, 0.25) is 0 Å². The Hall–Kier alpha value is -0.680. The zero-order valence-corrected chi connectivity index (χ0v) is 20.3. The van der Waals surface area contributed by atoms with E-state index in [0.717, 1.165) is 12.3 Å². The summed E-state index contributed by atoms with van der Waals surface area (Å²) in [6, 6.07) is 8.34. The summed E-state index contributed by atoms with van der Waals surface area (Å²) in [6.07, 6.45) is 7.27. The molecule has 2 heteroatoms. The predicted octanol–water partition coefficient (Wildman–Crippen LogP) is 7.76. The van der Waals surface area contributed by atoms with E-state index in [4.69, 9.17) is 0 Å². The molecule has 26 heavy (non-hydrogen) atoms. The van der Waals surface area contributed by atoms with E-state index in [0.29, 0.717) is 12.2 Å². The highest BCUT2D eigenvalue weighted by Crippen LogP contribution is 2.06. The Bertz CT molecular complexity index is 395. The van der Waals surface area contributed by atoms with E-state index >= 15 is 0 Å². The lowest BCUT2D eigenvalue weighted by atomic mass is 10.0. The van der Waals surface area contributed by atoms with Gasteiger partial charge in [0, 0.05) is 12.3 Å². The Morgan fingerprint density at radius 3 is 1.88 bits per heavy atom. The number of hydrogen-bond donors (Lipinski definition) is 0. The molecule has 0 amide bonds. The summed E-state index contributed by atoms with van der Waals surface area (Å²) in [5.41, 5.74) is 1.32. The van der Waals surface area contributed by atoms with Gasteiger partial charge in [-0.15, -0.1) is 9.24 Å². The zero-order chi connectivity index (χ0) is 21.0. The van der Waals surface area contributed by atoms with Crippen LogP contribution in [0.25, 0.3) is 0 Å². The van der Waals surface area contributed by atoms with Gasteiger partial charge < -0.3 is 0 Å². The molecule has 0 bridgehead atoms. The molecule has 1 aromatic rings. The highest BCUT2D eigenvalue weighted by molar-refractivity contribution is 7.27. The van der Waals surface area contributed by atoms with Crippen molar-refractivity contribution in [1.82, 2.24) is 0 Å². The number of benzene rings is 1. The van der Waals surface area contributed by atoms with Crippen molar-refractivity contribution in [2.24, 2.45) is 11.8 Å². The second kappa shape index (κ2) is 22.4. The number of carbonyl (C=O) groups excluding carboxylic acids is 1. The first kappa shape index (κ1) is 30.1. The van der Waals surface area contributed by atoms with E-state index in [1.54, 1.807) is 0 Å². The lowest BCUT2D eigenvalue weighted by molar-refractivity contribution is -0.122. The highest BCUT2D eigenvalue weighted by Gasteiger charge is 2.05. The minimum atomic E-state index is 0.278. The van der Waals surface area contributed by atoms with Gasteiger partial charge in [0.05, 0.1) is 0 Å². The molecule has 0 saturated carbocycles. The van der Waals surface area contributed by atoms with Gasteiger partial charge in [-0.1, -0.05) is 111 Å². The van der Waals surface area contributed by atoms with Crippen LogP contribution < -0.4 is 5.30 Å². The normalized spacial score (nSPS) is 10.4. The molecule has 1 rings (SSSR count). The van der Waals surface area contributed by atoms with Crippen molar-refractivity contribution in [3.63, 3.8) is 0 Å². The van der Waals surface area contributed by atoms with Gasteiger partial charge in [-0.25, -0.2) is 0 Å². The minimum absolute atomic E-state index is 0.278. The summed E-state index contributed by atoms with van der Waals surface area (Å²) in [7, 11) is 2.66. The summed E-state index contributed by atoms with van der Waals surface area (Å²) < 4.78 is 0. The van der Waals surface area contributed by atoms with Gasteiger partial charge >= 0.3 is 0 Å². The second-order valence-electron chi connectivity index (χ2n) is 6.93. The lowest BCUT2D eigenvalue weighted by Crippen LogP contribution is -2.06. The molecule has 0 radical (unpaired) electrons. The summed E-state index contributed by atoms with van der Waals surface area (Å²) in [5, 5.41) is 1.25. The first-order chi connectivity index (χ1) is 12.3. The number of ketones is 1. The molecule has 0 spiro atoms. The first-order valence-electron chi connectivity index (χ1n) is 10.6. The van der Waals surface area contributed by atoms with Gasteiger partial charge in [0.15, 0.2) is 0 Å². The van der Waals surface area contributed by atoms with Crippen molar-refractivity contribution in [3.05, 3.63) is 29.8 Å². The number of rotatable bonds is 7. The number of unbranched alkanes of at least 4 members (excludes halogenated alkanes) is 2. The monoisotopic (exact) mass is 382 g/mol. The Balaban J connectivity index is -0.000000291. The fourth-order valence-corrected chi connectivity index (χ4v) is 2.42. The number of Topliss-reactive ketones (excluding diaryl/α,β-unsaturated/α-hetero) is 1. The van der Waals surface area contributed by atoms with Crippen molar-refractivity contribution in [2.45, 2.75) is 101 Å². The van der Waals surface area contributed by atoms with E-state index < -0.39 is 0 Å². The van der Waals surface area contributed by atoms with E-state index in [1.807, 2.05) is 34.6 Å². The van der Waals surface area contributed by atoms with E-state index in [-0.39, 0.29) is 5.92 Å². The molecule has 2 unspecified atom stereocenters. The molecule has 2 atom stereocenters. The molecule has 0 aliphatic carbocycles. The molecule has 1 aromatic carbocycles. The average Bonchev–Trinajstić information content (AvgIpc) is 2.63. The number of aryl methyl sites for hydroxylation is 1. The van der Waals surface area contributed by atoms with Gasteiger partial charge in [-0.05, 0) is 24.6 Å². The maximum atomic E-state index is 10.7. The summed E-state index contributed by atoms with van der Waals surface area (Å²) in [4.78, 5) is 10.7. The van der Waals surface area contributed by atoms with Crippen molar-refractivity contribution in [1.29, 1.82) is 0 Å². The molecule has 154 valence electrons. The molecule has 0 heterocycles. The molecular weight excluding hydrogens is 335 g/mol. The van der Waals surface area contributed by atoms with Crippen LogP contribution in [0.15, 0.2) is 24.3 Å². The maximum Gasteiger partial charge on any atom is 0.135 e. The second-order valence-corrected chi connectivity index (χ2v) is 7.60. The topological polar surface area (TPSA) is 17.1 Å². The molecular formula is C24H47OP. The van der Waals surface area contributed by atoms with E-state index in [9.17, 15) is 4.79 Å². The largest absolute Gasteiger partial charge is 0.299 e. The van der Waals surface area contributed by atoms with Crippen molar-refractivity contribution < 1.29 is 4.79 Å². The first-order valence-corrected chi connectivity index (χ1v) is 11.2. The van der Waals surface area contributed by atoms with Gasteiger partial charge in [-0.3, -0.25) is 4.79 Å². The fourth-order valence-electron chi connectivity index (χ4n) is 2.05. The van der Waals surface area contributed by atoms with Crippen LogP contribution in [0.5, 0.6) is 0 Å². The summed E-state index contributed by atoms with van der Waals surface area (Å²) in [5.74, 6) is 1.56. The summed E-state index contributed by atoms with van der Waals surface area (Å²) in [6.45, 7) is 18.8. The quantitative estimate of drug-likeness (QED) is 0.348. The van der Waals surface area contributed by atoms with E-state index in [2.05, 4.69) is 61.2 Å². The Morgan fingerprint density at radius 2 is 1.62 bits per heavy atom. The molecule has 0 fully saturated rings. The maximum absolute atomic E-state index is 10.7. The molecule has 0 aliphatic heterocycles. The molecule has 0 N–H and O–H groups in total. The van der Waals surface area contributed by atoms with Gasteiger partial charge in [0.1, 0.15) is 5.78 Å². The number of carbonyl (C=O) groups is 1. The highest BCUT2D eigenvalue weighted by atomic mass is 31.0. The molecule has 1 nitrogen and oxygen atoms in total. The zero-order valence-electron chi connectivity index (χ0n) is 19.2. The van der Waals surface area contributed by atoms with Gasteiger partial charge in [0.25, 0.3) is 0 Å². The van der Waals surface area contributed by atoms with Crippen LogP contribution in [-0.4, -0.2) is 5.78 Å². The lowest BCUT2D eigenvalue weighted by Gasteiger charge is -2.02. The van der Waals surface area contributed by atoms with Crippen LogP contribution >= 0.6 is 9.24 Å². The predicted molar refractivity (Wildman–Crippen MR) is 126 cm³/mol. The van der Waals surface area contributed by atoms with Crippen LogP contribution in [0, 0.1) is 18.8 Å². The van der Waals surface area contributed by atoms with Crippen molar-refractivity contribution in [2.75, 3.05) is 0 Å². The standard InChI is InChI=1S/C8H18.C7H14O.C7H9P.C2H6/c1-4-5-6-7-8(2)3;1-4-6(3)7(8)5-2;1-6-3-2-4-7(8)5-6;1-2/h8H,4-7H2,1-3H3;6H,4-5H2,1-3H3;2-5H,8H2,1H3;1-2H3. The Labute approximate surface area is 168 Å². The van der Waals surface area contributed by atoms with Crippen LogP contribution in [0.2, 0.25) is 0 Å². The van der Waals surface area contributed by atoms with Crippen LogP contribution in [0.4, 0.5) is 0 Å². The Kier molecular flexibility index (Phi) is 25.9. The third kappa shape index (κ3) is 23.3. The molecule has 0 aliphatic rings. The molecule has 0 aromatic heterocycles. The third-order valence-corrected chi connectivity index (χ3v) is 4.30. The van der Waals surface area contributed by atoms with Crippen LogP contribution in [0.3, 0.4) is 0 Å². The van der Waals surface area contributed by atoms with E-state index in [1.165, 1.54) is 36.6 Å². The Morgan fingerprint density at radius 1 is 1.04 bits per heavy atom. The average molecular weight is 383 g/mol. The van der Waals surface area contributed by atoms with Crippen molar-refractivity contribution in [3.8, 4) is 0 Å². The van der Waals surface area contributed by atoms with Crippen molar-refractivity contribution >= 4 is 20.3 Å². The molecule has 0 saturated heterocycles.